The monoisotopic (exact) mass is 252 g/mol. The number of anilines is 1. The summed E-state index contributed by atoms with van der Waals surface area (Å²) < 4.78 is 0. The van der Waals surface area contributed by atoms with E-state index in [1.54, 1.807) is 24.5 Å². The Morgan fingerprint density at radius 1 is 1.11 bits per heavy atom. The van der Waals surface area contributed by atoms with Crippen LogP contribution in [0, 0.1) is 0 Å². The van der Waals surface area contributed by atoms with E-state index in [-0.39, 0.29) is 5.75 Å². The Kier molecular flexibility index (Phi) is 2.94. The van der Waals surface area contributed by atoms with Gasteiger partial charge in [0.1, 0.15) is 11.6 Å². The first-order valence-electron chi connectivity index (χ1n) is 5.91. The minimum atomic E-state index is 0.225. The lowest BCUT2D eigenvalue weighted by Gasteiger charge is -2.08. The average Bonchev–Trinajstić information content (AvgIpc) is 2.46. The number of phenolic OH excluding ortho intramolecular Hbond substituents is 1. The van der Waals surface area contributed by atoms with Gasteiger partial charge in [0.2, 0.25) is 0 Å². The predicted octanol–water partition coefficient (Wildman–Crippen LogP) is 2.34. The number of aromatic hydroxyl groups is 1. The second kappa shape index (κ2) is 4.89. The summed E-state index contributed by atoms with van der Waals surface area (Å²) in [5.41, 5.74) is 0.835. The summed E-state index contributed by atoms with van der Waals surface area (Å²) in [5, 5.41) is 22.5. The van der Waals surface area contributed by atoms with Gasteiger partial charge in [-0.2, -0.15) is 10.2 Å². The highest BCUT2D eigenvalue weighted by Gasteiger charge is 2.03. The van der Waals surface area contributed by atoms with Crippen molar-refractivity contribution in [2.45, 2.75) is 6.54 Å². The molecule has 1 aromatic carbocycles. The van der Waals surface area contributed by atoms with Gasteiger partial charge in [-0.25, -0.2) is 4.98 Å². The molecule has 0 bridgehead atoms. The van der Waals surface area contributed by atoms with Gasteiger partial charge in [-0.05, 0) is 35.7 Å². The van der Waals surface area contributed by atoms with Crippen LogP contribution in [0.2, 0.25) is 0 Å². The molecule has 2 aromatic heterocycles. The van der Waals surface area contributed by atoms with Crippen LogP contribution in [0.4, 0.5) is 5.82 Å². The molecule has 0 fully saturated rings. The third-order valence-electron chi connectivity index (χ3n) is 2.81. The highest BCUT2D eigenvalue weighted by atomic mass is 16.3. The zero-order valence-corrected chi connectivity index (χ0v) is 10.1. The average molecular weight is 252 g/mol. The van der Waals surface area contributed by atoms with Crippen LogP contribution in [0.15, 0.2) is 48.8 Å². The van der Waals surface area contributed by atoms with E-state index in [4.69, 9.17) is 0 Å². The van der Waals surface area contributed by atoms with Crippen molar-refractivity contribution in [3.8, 4) is 5.75 Å². The molecule has 0 aliphatic rings. The Balaban J connectivity index is 1.90. The van der Waals surface area contributed by atoms with E-state index in [2.05, 4.69) is 20.5 Å². The maximum Gasteiger partial charge on any atom is 0.134 e. The molecule has 0 saturated heterocycles. The quantitative estimate of drug-likeness (QED) is 0.748. The van der Waals surface area contributed by atoms with Crippen LogP contribution in [0.3, 0.4) is 0 Å². The molecule has 0 aliphatic heterocycles. The number of phenols is 1. The first kappa shape index (κ1) is 11.4. The fourth-order valence-corrected chi connectivity index (χ4v) is 1.90. The van der Waals surface area contributed by atoms with Crippen LogP contribution in [0.5, 0.6) is 5.75 Å². The lowest BCUT2D eigenvalue weighted by atomic mass is 10.1. The second-order valence-electron chi connectivity index (χ2n) is 4.13. The van der Waals surface area contributed by atoms with Crippen molar-refractivity contribution in [2.24, 2.45) is 0 Å². The van der Waals surface area contributed by atoms with Gasteiger partial charge in [0.05, 0.1) is 12.2 Å². The van der Waals surface area contributed by atoms with E-state index in [0.717, 1.165) is 22.3 Å². The summed E-state index contributed by atoms with van der Waals surface area (Å²) in [4.78, 5) is 4.29. The fourth-order valence-electron chi connectivity index (χ4n) is 1.90. The van der Waals surface area contributed by atoms with Gasteiger partial charge in [-0.15, -0.1) is 0 Å². The van der Waals surface area contributed by atoms with Gasteiger partial charge in [-0.3, -0.25) is 0 Å². The molecule has 0 spiro atoms. The largest absolute Gasteiger partial charge is 0.508 e. The highest BCUT2D eigenvalue weighted by molar-refractivity contribution is 5.92. The second-order valence-corrected chi connectivity index (χ2v) is 4.13. The molecule has 5 heteroatoms. The minimum Gasteiger partial charge on any atom is -0.508 e. The summed E-state index contributed by atoms with van der Waals surface area (Å²) in [6.45, 7) is 0.537. The standard InChI is InChI=1S/C14H12N4O/c19-12-4-3-10-5-7-15-14(13(10)8-12)16-9-11-2-1-6-17-18-11/h1-8,19H,9H2,(H,15,16). The summed E-state index contributed by atoms with van der Waals surface area (Å²) in [6, 6.07) is 10.9. The van der Waals surface area contributed by atoms with Crippen LogP contribution in [-0.2, 0) is 6.54 Å². The molecule has 3 aromatic rings. The minimum absolute atomic E-state index is 0.225. The molecule has 3 rings (SSSR count). The first-order chi connectivity index (χ1) is 9.33. The van der Waals surface area contributed by atoms with E-state index < -0.39 is 0 Å². The SMILES string of the molecule is Oc1ccc2ccnc(NCc3cccnn3)c2c1. The highest BCUT2D eigenvalue weighted by Crippen LogP contribution is 2.25. The molecule has 19 heavy (non-hydrogen) atoms. The Morgan fingerprint density at radius 3 is 2.89 bits per heavy atom. The van der Waals surface area contributed by atoms with Gasteiger partial charge in [-0.1, -0.05) is 6.07 Å². The topological polar surface area (TPSA) is 70.9 Å². The lowest BCUT2D eigenvalue weighted by molar-refractivity contribution is 0.476. The number of pyridine rings is 1. The van der Waals surface area contributed by atoms with Gasteiger partial charge >= 0.3 is 0 Å². The van der Waals surface area contributed by atoms with Crippen LogP contribution in [0.1, 0.15) is 5.69 Å². The zero-order chi connectivity index (χ0) is 13.1. The summed E-state index contributed by atoms with van der Waals surface area (Å²) in [6.07, 6.45) is 3.37. The smallest absolute Gasteiger partial charge is 0.134 e. The maximum atomic E-state index is 9.56. The van der Waals surface area contributed by atoms with Crippen molar-refractivity contribution in [3.63, 3.8) is 0 Å². The number of nitrogens with zero attached hydrogens (tertiary/aromatic N) is 3. The molecule has 0 radical (unpaired) electrons. The van der Waals surface area contributed by atoms with E-state index in [1.165, 1.54) is 0 Å². The van der Waals surface area contributed by atoms with E-state index >= 15 is 0 Å². The summed E-state index contributed by atoms with van der Waals surface area (Å²) in [5.74, 6) is 0.946. The van der Waals surface area contributed by atoms with Crippen LogP contribution < -0.4 is 5.32 Å². The van der Waals surface area contributed by atoms with Gasteiger partial charge in [0.25, 0.3) is 0 Å². The number of fused-ring (bicyclic) bond motifs is 1. The molecule has 0 aliphatic carbocycles. The third-order valence-corrected chi connectivity index (χ3v) is 2.81. The van der Waals surface area contributed by atoms with Gasteiger partial charge < -0.3 is 10.4 Å². The molecular formula is C14H12N4O. The molecule has 0 amide bonds. The van der Waals surface area contributed by atoms with Crippen molar-refractivity contribution in [2.75, 3.05) is 5.32 Å². The van der Waals surface area contributed by atoms with Crippen LogP contribution in [0.25, 0.3) is 10.8 Å². The molecule has 0 atom stereocenters. The zero-order valence-electron chi connectivity index (χ0n) is 10.1. The Morgan fingerprint density at radius 2 is 2.05 bits per heavy atom. The van der Waals surface area contributed by atoms with Gasteiger partial charge in [0, 0.05) is 17.8 Å². The van der Waals surface area contributed by atoms with Crippen molar-refractivity contribution >= 4 is 16.6 Å². The Labute approximate surface area is 110 Å². The summed E-state index contributed by atoms with van der Waals surface area (Å²) in [7, 11) is 0. The Bertz CT molecular complexity index is 700. The molecule has 2 heterocycles. The van der Waals surface area contributed by atoms with Crippen LogP contribution in [-0.4, -0.2) is 20.3 Å². The molecule has 2 N–H and O–H groups in total. The number of aromatic nitrogens is 3. The normalized spacial score (nSPS) is 10.5. The number of rotatable bonds is 3. The van der Waals surface area contributed by atoms with Crippen molar-refractivity contribution in [3.05, 3.63) is 54.5 Å². The van der Waals surface area contributed by atoms with E-state index in [1.807, 2.05) is 24.3 Å². The number of hydrogen-bond acceptors (Lipinski definition) is 5. The van der Waals surface area contributed by atoms with E-state index in [9.17, 15) is 5.11 Å². The molecule has 0 unspecified atom stereocenters. The summed E-state index contributed by atoms with van der Waals surface area (Å²) >= 11 is 0. The number of hydrogen-bond donors (Lipinski definition) is 2. The van der Waals surface area contributed by atoms with Crippen molar-refractivity contribution in [1.29, 1.82) is 0 Å². The first-order valence-corrected chi connectivity index (χ1v) is 5.91. The number of nitrogens with one attached hydrogen (secondary N) is 1. The fraction of sp³-hybridized carbons (Fsp3) is 0.0714. The molecular weight excluding hydrogens is 240 g/mol. The predicted molar refractivity (Wildman–Crippen MR) is 72.8 cm³/mol. The number of benzene rings is 1. The van der Waals surface area contributed by atoms with Crippen molar-refractivity contribution < 1.29 is 5.11 Å². The third kappa shape index (κ3) is 2.44. The van der Waals surface area contributed by atoms with Crippen molar-refractivity contribution in [1.82, 2.24) is 15.2 Å². The maximum absolute atomic E-state index is 9.56. The lowest BCUT2D eigenvalue weighted by Crippen LogP contribution is -2.04. The molecule has 5 nitrogen and oxygen atoms in total. The van der Waals surface area contributed by atoms with E-state index in [0.29, 0.717) is 6.54 Å². The molecule has 0 saturated carbocycles. The Hall–Kier alpha value is -2.69. The molecule has 94 valence electrons. The van der Waals surface area contributed by atoms with Crippen LogP contribution >= 0.6 is 0 Å². The van der Waals surface area contributed by atoms with Gasteiger partial charge in [0.15, 0.2) is 0 Å².